The molecule has 0 aliphatic carbocycles. The van der Waals surface area contributed by atoms with Gasteiger partial charge in [-0.15, -0.1) is 5.10 Å². The molecule has 3 aliphatic heterocycles. The van der Waals surface area contributed by atoms with E-state index in [2.05, 4.69) is 47.5 Å². The number of aromatic amines is 1. The molecule has 0 radical (unpaired) electrons. The Morgan fingerprint density at radius 1 is 1.07 bits per heavy atom. The summed E-state index contributed by atoms with van der Waals surface area (Å²) in [6, 6.07) is 0. The van der Waals surface area contributed by atoms with Crippen LogP contribution in [0.1, 0.15) is 12.5 Å². The number of nitrogens with two attached hydrogens (primary N) is 2. The van der Waals surface area contributed by atoms with Gasteiger partial charge in [-0.05, 0) is 11.8 Å². The molecule has 3 aliphatic rings. The molecule has 21 nitrogen and oxygen atoms in total. The van der Waals surface area contributed by atoms with Gasteiger partial charge in [-0.1, -0.05) is 17.5 Å². The van der Waals surface area contributed by atoms with Crippen LogP contribution < -0.4 is 17.0 Å². The first-order valence-electron chi connectivity index (χ1n) is 12.8. The molecular weight excluding hydrogens is 687 g/mol. The van der Waals surface area contributed by atoms with E-state index in [1.165, 1.54) is 10.9 Å². The summed E-state index contributed by atoms with van der Waals surface area (Å²) in [4.78, 5) is 41.5. The molecular formula is C19H22FN11O10P2S2. The largest absolute Gasteiger partial charge is 0.387 e. The topological polar surface area (TPSA) is 285 Å². The Kier molecular flexibility index (Phi) is 7.70. The van der Waals surface area contributed by atoms with E-state index in [1.807, 2.05) is 0 Å². The minimum Gasteiger partial charge on any atom is -0.387 e. The van der Waals surface area contributed by atoms with Crippen molar-refractivity contribution < 1.29 is 46.5 Å². The molecule has 0 amide bonds. The van der Waals surface area contributed by atoms with Gasteiger partial charge in [0.2, 0.25) is 5.95 Å². The lowest BCUT2D eigenvalue weighted by Gasteiger charge is -2.26. The van der Waals surface area contributed by atoms with E-state index in [1.54, 1.807) is 0 Å². The molecule has 45 heavy (non-hydrogen) atoms. The van der Waals surface area contributed by atoms with Crippen LogP contribution in [0.4, 0.5) is 16.2 Å². The van der Waals surface area contributed by atoms with Crippen molar-refractivity contribution in [3.8, 4) is 0 Å². The molecule has 0 saturated carbocycles. The minimum atomic E-state index is -4.42. The van der Waals surface area contributed by atoms with E-state index in [9.17, 15) is 19.4 Å². The number of anilines is 2. The zero-order valence-electron chi connectivity index (χ0n) is 22.2. The molecule has 2 unspecified atom stereocenters. The Labute approximate surface area is 259 Å². The van der Waals surface area contributed by atoms with Crippen molar-refractivity contribution in [2.24, 2.45) is 0 Å². The number of aliphatic hydroxyl groups excluding tert-OH is 1. The van der Waals surface area contributed by atoms with Crippen LogP contribution in [-0.4, -0.2) is 104 Å². The van der Waals surface area contributed by atoms with Gasteiger partial charge in [0.25, 0.3) is 5.56 Å². The fourth-order valence-electron chi connectivity index (χ4n) is 5.13. The van der Waals surface area contributed by atoms with Gasteiger partial charge in [0, 0.05) is 0 Å². The molecule has 0 aromatic carbocycles. The molecule has 0 spiro atoms. The highest BCUT2D eigenvalue weighted by atomic mass is 32.7. The second-order valence-electron chi connectivity index (χ2n) is 9.97. The van der Waals surface area contributed by atoms with Gasteiger partial charge in [0.05, 0.1) is 19.5 Å². The van der Waals surface area contributed by atoms with Gasteiger partial charge in [-0.25, -0.2) is 23.9 Å². The van der Waals surface area contributed by atoms with E-state index >= 15 is 4.39 Å². The first-order valence-corrected chi connectivity index (χ1v) is 18.1. The molecule has 4 aromatic heterocycles. The predicted octanol–water partition coefficient (Wildman–Crippen LogP) is -0.915. The zero-order chi connectivity index (χ0) is 31.8. The summed E-state index contributed by atoms with van der Waals surface area (Å²) in [6.45, 7) is -9.99. The van der Waals surface area contributed by atoms with Crippen molar-refractivity contribution in [3.63, 3.8) is 0 Å². The third-order valence-electron chi connectivity index (χ3n) is 7.15. The average molecular weight is 710 g/mol. The maximum atomic E-state index is 16.0. The van der Waals surface area contributed by atoms with Crippen molar-refractivity contribution in [1.82, 2.24) is 44.5 Å². The zero-order valence-corrected chi connectivity index (χ0v) is 25.7. The number of fused-ring (bicyclic) bond motifs is 5. The Bertz CT molecular complexity index is 1950. The number of aromatic nitrogens is 9. The highest BCUT2D eigenvalue weighted by Crippen LogP contribution is 2.58. The maximum Gasteiger partial charge on any atom is 0.386 e. The van der Waals surface area contributed by atoms with Gasteiger partial charge in [-0.3, -0.25) is 27.9 Å². The first-order chi connectivity index (χ1) is 21.3. The van der Waals surface area contributed by atoms with E-state index in [0.717, 1.165) is 11.0 Å². The van der Waals surface area contributed by atoms with Crippen LogP contribution in [0.25, 0.3) is 22.3 Å². The van der Waals surface area contributed by atoms with Crippen LogP contribution >= 0.6 is 25.8 Å². The number of hydrogen-bond donors (Lipinski definition) is 6. The van der Waals surface area contributed by atoms with Crippen LogP contribution in [0.5, 0.6) is 0 Å². The fraction of sp³-hybridized carbons (Fsp3) is 0.526. The standard InChI is InChI=1S/C19H22FN11O10P2S2/c20-7-11-6(39-17(7)31-14-8(28-29-31)13(21)23-3-24-14)2-37-43(35,45)41-12-10(32)5(1-36-42(34,44)40-11)38-18(12)30-4-25-9-15(30)26-19(22)27-16(9)33/h3-7,10-12,17-18,32H,1-2H2,(H,34,44)(H,35,45)(H2,21,23,24)(H3,22,26,27,33)/t5-,6-,7+,10-,11-,12+,17-,18-,42?,43?/m1/s1. The number of ether oxygens (including phenoxy) is 2. The van der Waals surface area contributed by atoms with Crippen LogP contribution in [0.3, 0.4) is 0 Å². The molecule has 3 fully saturated rings. The Morgan fingerprint density at radius 3 is 2.62 bits per heavy atom. The average Bonchev–Trinajstić information content (AvgIpc) is 3.72. The molecule has 7 N–H and O–H groups in total. The summed E-state index contributed by atoms with van der Waals surface area (Å²) < 4.78 is 65.5. The van der Waals surface area contributed by atoms with E-state index in [0.29, 0.717) is 0 Å². The van der Waals surface area contributed by atoms with E-state index < -0.39 is 81.4 Å². The first kappa shape index (κ1) is 30.9. The van der Waals surface area contributed by atoms with Crippen molar-refractivity contribution >= 4 is 71.7 Å². The highest BCUT2D eigenvalue weighted by Gasteiger charge is 2.53. The fourth-order valence-corrected chi connectivity index (χ4v) is 8.03. The summed E-state index contributed by atoms with van der Waals surface area (Å²) >= 11 is 9.18. The Balaban J connectivity index is 1.21. The number of rotatable bonds is 2. The summed E-state index contributed by atoms with van der Waals surface area (Å²) in [6.07, 6.45) is -10.1. The summed E-state index contributed by atoms with van der Waals surface area (Å²) in [5.41, 5.74) is 10.8. The normalized spacial score (nSPS) is 37.7. The number of alkyl halides is 1. The maximum absolute atomic E-state index is 16.0. The number of thiol groups is 1. The lowest BCUT2D eigenvalue weighted by atomic mass is 10.1. The third kappa shape index (κ3) is 5.53. The predicted molar refractivity (Wildman–Crippen MR) is 154 cm³/mol. The van der Waals surface area contributed by atoms with Crippen molar-refractivity contribution in [2.75, 3.05) is 24.7 Å². The lowest BCUT2D eigenvalue weighted by molar-refractivity contribution is -0.0601. The molecule has 3 saturated heterocycles. The van der Waals surface area contributed by atoms with Gasteiger partial charge < -0.3 is 35.5 Å². The monoisotopic (exact) mass is 709 g/mol. The molecule has 7 heterocycles. The summed E-state index contributed by atoms with van der Waals surface area (Å²) in [5.74, 6) is -0.250. The molecule has 242 valence electrons. The number of nitrogens with zero attached hydrogens (tertiary/aromatic N) is 8. The lowest BCUT2D eigenvalue weighted by Crippen LogP contribution is -2.35. The molecule has 7 rings (SSSR count). The van der Waals surface area contributed by atoms with Crippen LogP contribution in [-0.2, 0) is 43.9 Å². The summed E-state index contributed by atoms with van der Waals surface area (Å²) in [7, 11) is 0. The Hall–Kier alpha value is -2.73. The number of imidazole rings is 1. The highest BCUT2D eigenvalue weighted by molar-refractivity contribution is 8.44. The van der Waals surface area contributed by atoms with Crippen molar-refractivity contribution in [2.45, 2.75) is 49.1 Å². The van der Waals surface area contributed by atoms with Gasteiger partial charge in [-0.2, -0.15) is 9.67 Å². The van der Waals surface area contributed by atoms with Gasteiger partial charge in [0.1, 0.15) is 36.8 Å². The Morgan fingerprint density at radius 2 is 1.82 bits per heavy atom. The third-order valence-corrected chi connectivity index (χ3v) is 10.3. The molecule has 2 bridgehead atoms. The SMILES string of the molecule is Nc1nc2c(ncn2[C@@H]2O[C@@H]3COP(O)(=S)O[C@H]4[C@H](F)[C@H](n5nnc6c(N)ncnc65)O[C@@H]4COP(=O)(S)O[C@H]2[C@@H]3O)c(=O)[nH]1. The van der Waals surface area contributed by atoms with Gasteiger partial charge >= 0.3 is 13.5 Å². The smallest absolute Gasteiger partial charge is 0.386 e. The van der Waals surface area contributed by atoms with Crippen LogP contribution in [0.2, 0.25) is 0 Å². The van der Waals surface area contributed by atoms with Gasteiger partial charge in [0.15, 0.2) is 46.8 Å². The number of hydrogen-bond acceptors (Lipinski definition) is 18. The summed E-state index contributed by atoms with van der Waals surface area (Å²) in [5, 5.41) is 18.8. The number of nitrogens with one attached hydrogen (secondary N) is 1. The van der Waals surface area contributed by atoms with Crippen molar-refractivity contribution in [3.05, 3.63) is 23.0 Å². The molecule has 26 heteroatoms. The van der Waals surface area contributed by atoms with E-state index in [-0.39, 0.29) is 34.1 Å². The number of halogens is 1. The van der Waals surface area contributed by atoms with Crippen LogP contribution in [0.15, 0.2) is 17.4 Å². The second-order valence-corrected chi connectivity index (χ2v) is 15.6. The van der Waals surface area contributed by atoms with Crippen LogP contribution in [0, 0.1) is 0 Å². The number of H-pyrrole nitrogens is 1. The number of nitrogen functional groups attached to an aromatic ring is 2. The molecule has 4 aromatic rings. The number of aliphatic hydroxyl groups is 1. The van der Waals surface area contributed by atoms with E-state index in [4.69, 9.17) is 50.8 Å². The quantitative estimate of drug-likeness (QED) is 0.108. The minimum absolute atomic E-state index is 0.0127. The molecule has 10 atom stereocenters. The second kappa shape index (κ2) is 11.2. The van der Waals surface area contributed by atoms with Crippen molar-refractivity contribution in [1.29, 1.82) is 0 Å².